The van der Waals surface area contributed by atoms with Crippen molar-refractivity contribution in [2.75, 3.05) is 11.9 Å². The quantitative estimate of drug-likeness (QED) is 0.315. The van der Waals surface area contributed by atoms with E-state index in [0.29, 0.717) is 24.4 Å². The highest BCUT2D eigenvalue weighted by molar-refractivity contribution is 7.94. The lowest BCUT2D eigenvalue weighted by Gasteiger charge is -2.28. The number of anilines is 1. The highest BCUT2D eigenvalue weighted by atomic mass is 32.1. The van der Waals surface area contributed by atoms with Crippen LogP contribution in [0.5, 0.6) is 5.88 Å². The zero-order chi connectivity index (χ0) is 24.1. The minimum Gasteiger partial charge on any atom is -0.491 e. The largest absolute Gasteiger partial charge is 0.491 e. The van der Waals surface area contributed by atoms with Crippen molar-refractivity contribution in [1.82, 2.24) is 10.1 Å². The molecule has 33 heavy (non-hydrogen) atoms. The normalized spacial score (nSPS) is 18.0. The van der Waals surface area contributed by atoms with Gasteiger partial charge in [-0.3, -0.25) is 14.6 Å². The SMILES string of the molecule is CC(/N=C\S)=C(/C)c1ccc(NC(=O)[C@@H]2CCCN2C(=O)C(c2cc(O)no2)C(C)C)cc1. The van der Waals surface area contributed by atoms with E-state index in [1.807, 2.05) is 52.0 Å². The Bertz CT molecular complexity index is 1060. The number of rotatable bonds is 7. The first-order chi connectivity index (χ1) is 15.7. The van der Waals surface area contributed by atoms with Crippen LogP contribution in [0.1, 0.15) is 57.8 Å². The topological polar surface area (TPSA) is 108 Å². The van der Waals surface area contributed by atoms with E-state index in [1.54, 1.807) is 4.90 Å². The maximum absolute atomic E-state index is 13.4. The molecule has 0 bridgehead atoms. The van der Waals surface area contributed by atoms with Crippen LogP contribution in [0.2, 0.25) is 0 Å². The number of benzene rings is 1. The average molecular weight is 471 g/mol. The third-order valence-corrected chi connectivity index (χ3v) is 6.09. The fraction of sp³-hybridized carbons (Fsp3) is 0.417. The molecule has 176 valence electrons. The summed E-state index contributed by atoms with van der Waals surface area (Å²) in [6.07, 6.45) is 1.33. The lowest BCUT2D eigenvalue weighted by atomic mass is 9.91. The number of nitrogens with one attached hydrogen (secondary N) is 1. The molecule has 0 spiro atoms. The van der Waals surface area contributed by atoms with Gasteiger partial charge < -0.3 is 19.8 Å². The van der Waals surface area contributed by atoms with Crippen molar-refractivity contribution in [2.24, 2.45) is 10.9 Å². The molecule has 1 aromatic heterocycles. The summed E-state index contributed by atoms with van der Waals surface area (Å²) < 4.78 is 5.16. The van der Waals surface area contributed by atoms with Crippen molar-refractivity contribution in [3.63, 3.8) is 0 Å². The van der Waals surface area contributed by atoms with Crippen LogP contribution in [0.15, 0.2) is 45.5 Å². The second-order valence-electron chi connectivity index (χ2n) is 8.52. The van der Waals surface area contributed by atoms with Gasteiger partial charge in [-0.2, -0.15) is 0 Å². The number of likely N-dealkylation sites (tertiary alicyclic amines) is 1. The van der Waals surface area contributed by atoms with Crippen molar-refractivity contribution in [3.8, 4) is 5.88 Å². The van der Waals surface area contributed by atoms with E-state index in [2.05, 4.69) is 28.1 Å². The van der Waals surface area contributed by atoms with E-state index in [9.17, 15) is 14.7 Å². The molecule has 2 atom stereocenters. The molecule has 0 radical (unpaired) electrons. The first-order valence-electron chi connectivity index (χ1n) is 10.9. The number of amides is 2. The van der Waals surface area contributed by atoms with Gasteiger partial charge in [-0.1, -0.05) is 26.0 Å². The Kier molecular flexibility index (Phi) is 7.97. The summed E-state index contributed by atoms with van der Waals surface area (Å²) in [7, 11) is 0. The van der Waals surface area contributed by atoms with Crippen LogP contribution >= 0.6 is 12.6 Å². The van der Waals surface area contributed by atoms with Crippen molar-refractivity contribution >= 4 is 41.3 Å². The molecule has 8 nitrogen and oxygen atoms in total. The number of aliphatic imine (C=N–C) groups is 1. The molecule has 1 aliphatic heterocycles. The monoisotopic (exact) mass is 470 g/mol. The van der Waals surface area contributed by atoms with Crippen LogP contribution in [0.4, 0.5) is 5.69 Å². The Morgan fingerprint density at radius 2 is 2.00 bits per heavy atom. The summed E-state index contributed by atoms with van der Waals surface area (Å²) in [6.45, 7) is 8.18. The van der Waals surface area contributed by atoms with Gasteiger partial charge in [0.15, 0.2) is 5.76 Å². The van der Waals surface area contributed by atoms with Gasteiger partial charge in [0.05, 0.1) is 5.55 Å². The van der Waals surface area contributed by atoms with E-state index in [4.69, 9.17) is 4.52 Å². The molecule has 2 aromatic rings. The number of allylic oxidation sites excluding steroid dienone is 2. The molecule has 3 rings (SSSR count). The predicted octanol–water partition coefficient (Wildman–Crippen LogP) is 4.46. The molecule has 1 fully saturated rings. The van der Waals surface area contributed by atoms with Crippen molar-refractivity contribution < 1.29 is 19.2 Å². The minimum absolute atomic E-state index is 0.0895. The lowest BCUT2D eigenvalue weighted by molar-refractivity contribution is -0.139. The van der Waals surface area contributed by atoms with Gasteiger partial charge in [-0.15, -0.1) is 12.6 Å². The summed E-state index contributed by atoms with van der Waals surface area (Å²) in [5, 5.41) is 16.0. The number of aromatic nitrogens is 1. The Hall–Kier alpha value is -3.07. The van der Waals surface area contributed by atoms with Crippen LogP contribution in [0, 0.1) is 5.92 Å². The molecular formula is C24H30N4O4S. The minimum atomic E-state index is -0.621. The van der Waals surface area contributed by atoms with Crippen LogP contribution in [0.25, 0.3) is 5.57 Å². The number of aromatic hydroxyl groups is 1. The molecule has 1 saturated heterocycles. The van der Waals surface area contributed by atoms with Crippen molar-refractivity contribution in [2.45, 2.75) is 52.5 Å². The Morgan fingerprint density at radius 3 is 2.58 bits per heavy atom. The Labute approximate surface area is 199 Å². The fourth-order valence-corrected chi connectivity index (χ4v) is 4.24. The van der Waals surface area contributed by atoms with Crippen LogP contribution in [-0.4, -0.2) is 45.1 Å². The third kappa shape index (κ3) is 5.65. The number of nitrogens with zero attached hydrogens (tertiary/aromatic N) is 3. The molecule has 1 aliphatic rings. The van der Waals surface area contributed by atoms with Gasteiger partial charge in [0.2, 0.25) is 11.8 Å². The van der Waals surface area contributed by atoms with Crippen molar-refractivity contribution in [3.05, 3.63) is 47.4 Å². The van der Waals surface area contributed by atoms with Gasteiger partial charge >= 0.3 is 0 Å². The van der Waals surface area contributed by atoms with E-state index in [1.165, 1.54) is 11.6 Å². The molecule has 1 aromatic carbocycles. The molecule has 1 unspecified atom stereocenters. The molecule has 0 aliphatic carbocycles. The molecular weight excluding hydrogens is 440 g/mol. The average Bonchev–Trinajstić information content (AvgIpc) is 3.43. The maximum atomic E-state index is 13.4. The van der Waals surface area contributed by atoms with Gasteiger partial charge in [0.25, 0.3) is 5.88 Å². The number of hydrogen-bond acceptors (Lipinski definition) is 6. The first kappa shape index (κ1) is 24.6. The zero-order valence-electron chi connectivity index (χ0n) is 19.3. The number of carbonyl (C=O) groups is 2. The van der Waals surface area contributed by atoms with Gasteiger partial charge in [0, 0.05) is 24.0 Å². The van der Waals surface area contributed by atoms with Gasteiger partial charge in [0.1, 0.15) is 12.0 Å². The van der Waals surface area contributed by atoms with E-state index >= 15 is 0 Å². The molecule has 9 heteroatoms. The van der Waals surface area contributed by atoms with E-state index in [0.717, 1.165) is 23.3 Å². The van der Waals surface area contributed by atoms with Crippen LogP contribution < -0.4 is 5.32 Å². The summed E-state index contributed by atoms with van der Waals surface area (Å²) in [5.74, 6) is -1.09. The lowest BCUT2D eigenvalue weighted by Crippen LogP contribution is -2.45. The van der Waals surface area contributed by atoms with Crippen molar-refractivity contribution in [1.29, 1.82) is 0 Å². The van der Waals surface area contributed by atoms with E-state index < -0.39 is 12.0 Å². The predicted molar refractivity (Wildman–Crippen MR) is 131 cm³/mol. The number of hydrogen-bond donors (Lipinski definition) is 3. The van der Waals surface area contributed by atoms with Crippen LogP contribution in [0.3, 0.4) is 0 Å². The Morgan fingerprint density at radius 1 is 1.30 bits per heavy atom. The summed E-state index contributed by atoms with van der Waals surface area (Å²) in [5.41, 5.74) is 4.99. The fourth-order valence-electron chi connectivity index (χ4n) is 4.06. The standard InChI is InChI=1S/C24H30N4O4S/c1-14(2)22(20-12-21(29)27-32-20)24(31)28-11-5-6-19(28)23(30)26-18-9-7-17(8-10-18)15(3)16(4)25-13-33/h7-10,12-14,19,22H,5-6,11H2,1-4H3,(H,25,33)(H,26,30)(H,27,29)/b16-15+/t19-,22?/m0/s1. The maximum Gasteiger partial charge on any atom is 0.251 e. The zero-order valence-corrected chi connectivity index (χ0v) is 20.2. The molecule has 2 heterocycles. The molecule has 0 saturated carbocycles. The smallest absolute Gasteiger partial charge is 0.251 e. The van der Waals surface area contributed by atoms with Gasteiger partial charge in [-0.25, -0.2) is 0 Å². The highest BCUT2D eigenvalue weighted by Crippen LogP contribution is 2.32. The second-order valence-corrected chi connectivity index (χ2v) is 8.75. The number of carbonyl (C=O) groups excluding carboxylic acids is 2. The Balaban J connectivity index is 1.73. The summed E-state index contributed by atoms with van der Waals surface area (Å²) in [4.78, 5) is 32.2. The number of thiol groups is 1. The molecule has 2 amide bonds. The molecule has 2 N–H and O–H groups in total. The third-order valence-electron chi connectivity index (χ3n) is 5.97. The van der Waals surface area contributed by atoms with Gasteiger partial charge in [-0.05, 0) is 61.0 Å². The highest BCUT2D eigenvalue weighted by Gasteiger charge is 2.40. The first-order valence-corrected chi connectivity index (χ1v) is 11.5. The summed E-state index contributed by atoms with van der Waals surface area (Å²) >= 11 is 4.01. The van der Waals surface area contributed by atoms with E-state index in [-0.39, 0.29) is 23.6 Å². The second kappa shape index (κ2) is 10.7. The summed E-state index contributed by atoms with van der Waals surface area (Å²) in [6, 6.07) is 8.31. The van der Waals surface area contributed by atoms with Crippen LogP contribution in [-0.2, 0) is 9.59 Å².